The highest BCUT2D eigenvalue weighted by atomic mass is 16.5. The first kappa shape index (κ1) is 13.9. The number of hydrogen-bond acceptors (Lipinski definition) is 4. The lowest BCUT2D eigenvalue weighted by molar-refractivity contribution is 0.404. The van der Waals surface area contributed by atoms with Gasteiger partial charge in [0.05, 0.1) is 31.6 Å². The number of aromatic amines is 1. The SMILES string of the molecule is COc1ccc(OC)c(-c2cnc(C3(N)CCCC3)[nH]2)c1. The highest BCUT2D eigenvalue weighted by Crippen LogP contribution is 2.37. The molecule has 5 heteroatoms. The molecule has 0 aliphatic heterocycles. The van der Waals surface area contributed by atoms with Gasteiger partial charge in [-0.15, -0.1) is 0 Å². The van der Waals surface area contributed by atoms with E-state index in [0.717, 1.165) is 54.3 Å². The Bertz CT molecular complexity index is 630. The zero-order chi connectivity index (χ0) is 14.9. The molecule has 3 rings (SSSR count). The van der Waals surface area contributed by atoms with Crippen LogP contribution >= 0.6 is 0 Å². The quantitative estimate of drug-likeness (QED) is 0.907. The molecule has 2 aromatic rings. The van der Waals surface area contributed by atoms with E-state index in [1.807, 2.05) is 24.4 Å². The summed E-state index contributed by atoms with van der Waals surface area (Å²) < 4.78 is 10.7. The predicted octanol–water partition coefficient (Wildman–Crippen LogP) is 2.82. The zero-order valence-electron chi connectivity index (χ0n) is 12.5. The number of nitrogens with two attached hydrogens (primary N) is 1. The summed E-state index contributed by atoms with van der Waals surface area (Å²) >= 11 is 0. The molecule has 0 amide bonds. The van der Waals surface area contributed by atoms with Crippen LogP contribution in [-0.4, -0.2) is 24.2 Å². The Labute approximate surface area is 124 Å². The molecule has 3 N–H and O–H groups in total. The van der Waals surface area contributed by atoms with Crippen LogP contribution in [0.1, 0.15) is 31.5 Å². The summed E-state index contributed by atoms with van der Waals surface area (Å²) in [5.41, 5.74) is 7.96. The van der Waals surface area contributed by atoms with Gasteiger partial charge in [0.2, 0.25) is 0 Å². The molecular weight excluding hydrogens is 266 g/mol. The number of imidazole rings is 1. The van der Waals surface area contributed by atoms with Crippen molar-refractivity contribution in [2.45, 2.75) is 31.2 Å². The van der Waals surface area contributed by atoms with E-state index in [4.69, 9.17) is 15.2 Å². The first-order valence-corrected chi connectivity index (χ1v) is 7.23. The van der Waals surface area contributed by atoms with Gasteiger partial charge in [-0.25, -0.2) is 4.98 Å². The number of benzene rings is 1. The van der Waals surface area contributed by atoms with Gasteiger partial charge in [0, 0.05) is 5.56 Å². The van der Waals surface area contributed by atoms with E-state index in [9.17, 15) is 0 Å². The Balaban J connectivity index is 1.99. The average Bonchev–Trinajstić information content (AvgIpc) is 3.16. The standard InChI is InChI=1S/C16H21N3O2/c1-20-11-5-6-14(21-2)12(9-11)13-10-18-15(19-13)16(17)7-3-4-8-16/h5-6,9-10H,3-4,7-8,17H2,1-2H3,(H,18,19). The summed E-state index contributed by atoms with van der Waals surface area (Å²) in [7, 11) is 3.31. The van der Waals surface area contributed by atoms with Crippen molar-refractivity contribution in [2.24, 2.45) is 5.73 Å². The number of rotatable bonds is 4. The van der Waals surface area contributed by atoms with Crippen LogP contribution in [0, 0.1) is 0 Å². The Morgan fingerprint density at radius 3 is 2.62 bits per heavy atom. The summed E-state index contributed by atoms with van der Waals surface area (Å²) in [6, 6.07) is 5.71. The lowest BCUT2D eigenvalue weighted by Crippen LogP contribution is -2.34. The molecule has 1 fully saturated rings. The number of hydrogen-bond donors (Lipinski definition) is 2. The maximum atomic E-state index is 6.45. The first-order chi connectivity index (χ1) is 10.2. The number of H-pyrrole nitrogens is 1. The molecule has 0 radical (unpaired) electrons. The van der Waals surface area contributed by atoms with Gasteiger partial charge < -0.3 is 20.2 Å². The molecule has 1 saturated carbocycles. The molecule has 1 aliphatic rings. The van der Waals surface area contributed by atoms with Gasteiger partial charge in [-0.2, -0.15) is 0 Å². The summed E-state index contributed by atoms with van der Waals surface area (Å²) in [4.78, 5) is 7.87. The first-order valence-electron chi connectivity index (χ1n) is 7.23. The van der Waals surface area contributed by atoms with Crippen LogP contribution in [0.15, 0.2) is 24.4 Å². The molecule has 21 heavy (non-hydrogen) atoms. The molecule has 0 bridgehead atoms. The molecule has 112 valence electrons. The molecule has 1 aromatic carbocycles. The fraction of sp³-hybridized carbons (Fsp3) is 0.438. The normalized spacial score (nSPS) is 16.9. The third kappa shape index (κ3) is 2.49. The van der Waals surface area contributed by atoms with Gasteiger partial charge in [-0.1, -0.05) is 12.8 Å². The molecule has 0 spiro atoms. The highest BCUT2D eigenvalue weighted by Gasteiger charge is 2.34. The molecule has 1 aliphatic carbocycles. The molecule has 0 atom stereocenters. The predicted molar refractivity (Wildman–Crippen MR) is 81.5 cm³/mol. The maximum Gasteiger partial charge on any atom is 0.128 e. The van der Waals surface area contributed by atoms with Crippen LogP contribution in [0.3, 0.4) is 0 Å². The van der Waals surface area contributed by atoms with E-state index < -0.39 is 0 Å². The Morgan fingerprint density at radius 2 is 1.95 bits per heavy atom. The van der Waals surface area contributed by atoms with Crippen LogP contribution in [0.4, 0.5) is 0 Å². The van der Waals surface area contributed by atoms with Gasteiger partial charge in [-0.05, 0) is 31.0 Å². The molecule has 0 unspecified atom stereocenters. The Hall–Kier alpha value is -2.01. The van der Waals surface area contributed by atoms with E-state index in [1.54, 1.807) is 14.2 Å². The third-order valence-electron chi connectivity index (χ3n) is 4.24. The zero-order valence-corrected chi connectivity index (χ0v) is 12.5. The van der Waals surface area contributed by atoms with E-state index in [0.29, 0.717) is 0 Å². The van der Waals surface area contributed by atoms with Crippen LogP contribution in [-0.2, 0) is 5.54 Å². The lowest BCUT2D eigenvalue weighted by Gasteiger charge is -2.20. The van der Waals surface area contributed by atoms with Gasteiger partial charge >= 0.3 is 0 Å². The van der Waals surface area contributed by atoms with Crippen molar-refractivity contribution in [1.29, 1.82) is 0 Å². The Morgan fingerprint density at radius 1 is 1.19 bits per heavy atom. The largest absolute Gasteiger partial charge is 0.497 e. The molecule has 1 heterocycles. The minimum atomic E-state index is -0.315. The summed E-state index contributed by atoms with van der Waals surface area (Å²) in [5.74, 6) is 2.42. The van der Waals surface area contributed by atoms with Crippen molar-refractivity contribution in [3.63, 3.8) is 0 Å². The maximum absolute atomic E-state index is 6.45. The number of ether oxygens (including phenoxy) is 2. The van der Waals surface area contributed by atoms with Crippen LogP contribution in [0.5, 0.6) is 11.5 Å². The smallest absolute Gasteiger partial charge is 0.128 e. The topological polar surface area (TPSA) is 73.2 Å². The second kappa shape index (κ2) is 5.41. The lowest BCUT2D eigenvalue weighted by atomic mass is 9.98. The van der Waals surface area contributed by atoms with Crippen molar-refractivity contribution < 1.29 is 9.47 Å². The van der Waals surface area contributed by atoms with Crippen LogP contribution in [0.25, 0.3) is 11.3 Å². The van der Waals surface area contributed by atoms with Gasteiger partial charge in [-0.3, -0.25) is 0 Å². The van der Waals surface area contributed by atoms with Crippen molar-refractivity contribution >= 4 is 0 Å². The molecular formula is C16H21N3O2. The van der Waals surface area contributed by atoms with Crippen molar-refractivity contribution in [2.75, 3.05) is 14.2 Å². The summed E-state index contributed by atoms with van der Waals surface area (Å²) in [5, 5.41) is 0. The van der Waals surface area contributed by atoms with Crippen LogP contribution in [0.2, 0.25) is 0 Å². The van der Waals surface area contributed by atoms with E-state index in [-0.39, 0.29) is 5.54 Å². The number of nitrogens with zero attached hydrogens (tertiary/aromatic N) is 1. The Kier molecular flexibility index (Phi) is 3.59. The van der Waals surface area contributed by atoms with Gasteiger partial charge in [0.1, 0.15) is 17.3 Å². The monoisotopic (exact) mass is 287 g/mol. The van der Waals surface area contributed by atoms with Crippen LogP contribution < -0.4 is 15.2 Å². The summed E-state index contributed by atoms with van der Waals surface area (Å²) in [6.45, 7) is 0. The number of nitrogens with one attached hydrogen (secondary N) is 1. The minimum Gasteiger partial charge on any atom is -0.497 e. The fourth-order valence-corrected chi connectivity index (χ4v) is 2.98. The average molecular weight is 287 g/mol. The highest BCUT2D eigenvalue weighted by molar-refractivity contribution is 5.68. The second-order valence-electron chi connectivity index (χ2n) is 5.57. The number of methoxy groups -OCH3 is 2. The summed E-state index contributed by atoms with van der Waals surface area (Å²) in [6.07, 6.45) is 6.11. The second-order valence-corrected chi connectivity index (χ2v) is 5.57. The number of aromatic nitrogens is 2. The van der Waals surface area contributed by atoms with Gasteiger partial charge in [0.25, 0.3) is 0 Å². The van der Waals surface area contributed by atoms with Crippen molar-refractivity contribution in [3.05, 3.63) is 30.2 Å². The molecule has 0 saturated heterocycles. The molecule has 1 aromatic heterocycles. The van der Waals surface area contributed by atoms with Gasteiger partial charge in [0.15, 0.2) is 0 Å². The fourth-order valence-electron chi connectivity index (χ4n) is 2.98. The van der Waals surface area contributed by atoms with E-state index in [1.165, 1.54) is 0 Å². The van der Waals surface area contributed by atoms with E-state index in [2.05, 4.69) is 9.97 Å². The van der Waals surface area contributed by atoms with Crippen molar-refractivity contribution in [3.8, 4) is 22.8 Å². The molecule has 5 nitrogen and oxygen atoms in total. The minimum absolute atomic E-state index is 0.315. The third-order valence-corrected chi connectivity index (χ3v) is 4.24. The van der Waals surface area contributed by atoms with Crippen molar-refractivity contribution in [1.82, 2.24) is 9.97 Å². The van der Waals surface area contributed by atoms with E-state index >= 15 is 0 Å².